The van der Waals surface area contributed by atoms with Crippen LogP contribution in [0.25, 0.3) is 0 Å². The third kappa shape index (κ3) is 5.99. The first kappa shape index (κ1) is 17.2. The van der Waals surface area contributed by atoms with Crippen LogP contribution in [0, 0.1) is 0 Å². The summed E-state index contributed by atoms with van der Waals surface area (Å²) >= 11 is 0. The van der Waals surface area contributed by atoms with E-state index in [9.17, 15) is 4.79 Å². The zero-order chi connectivity index (χ0) is 16.0. The van der Waals surface area contributed by atoms with E-state index in [0.717, 1.165) is 11.4 Å². The Morgan fingerprint density at radius 2 is 2.14 bits per heavy atom. The molecule has 0 fully saturated rings. The molecule has 0 aromatic carbocycles. The monoisotopic (exact) mass is 294 g/mol. The summed E-state index contributed by atoms with van der Waals surface area (Å²) in [5.74, 6) is 0.877. The molecule has 0 aliphatic heterocycles. The lowest BCUT2D eigenvalue weighted by molar-refractivity contribution is 0.0506. The molecule has 1 unspecified atom stereocenters. The highest BCUT2D eigenvalue weighted by molar-refractivity contribution is 5.68. The van der Waals surface area contributed by atoms with Crippen LogP contribution in [0.4, 0.5) is 10.6 Å². The van der Waals surface area contributed by atoms with Crippen LogP contribution in [0.5, 0.6) is 0 Å². The fourth-order valence-corrected chi connectivity index (χ4v) is 1.93. The Morgan fingerprint density at radius 1 is 1.48 bits per heavy atom. The summed E-state index contributed by atoms with van der Waals surface area (Å²) in [6.45, 7) is 5.82. The van der Waals surface area contributed by atoms with Gasteiger partial charge >= 0.3 is 6.09 Å². The van der Waals surface area contributed by atoms with Gasteiger partial charge in [0.25, 0.3) is 0 Å². The van der Waals surface area contributed by atoms with Gasteiger partial charge in [0, 0.05) is 32.9 Å². The van der Waals surface area contributed by atoms with Crippen molar-refractivity contribution in [2.24, 2.45) is 5.73 Å². The molecule has 0 aliphatic carbocycles. The largest absolute Gasteiger partial charge is 0.444 e. The van der Waals surface area contributed by atoms with Gasteiger partial charge in [-0.1, -0.05) is 6.07 Å². The number of nitrogens with zero attached hydrogens (tertiary/aromatic N) is 2. The number of rotatable bonds is 5. The van der Waals surface area contributed by atoms with Crippen LogP contribution in [0.1, 0.15) is 26.3 Å². The second kappa shape index (κ2) is 7.26. The second-order valence-corrected chi connectivity index (χ2v) is 6.16. The minimum atomic E-state index is -0.521. The maximum absolute atomic E-state index is 11.8. The molecule has 6 nitrogen and oxygen atoms in total. The van der Waals surface area contributed by atoms with Crippen LogP contribution in [-0.4, -0.2) is 43.4 Å². The summed E-state index contributed by atoms with van der Waals surface area (Å²) in [5.41, 5.74) is 6.27. The quantitative estimate of drug-likeness (QED) is 0.861. The predicted octanol–water partition coefficient (Wildman–Crippen LogP) is 1.54. The number of anilines is 1. The van der Waals surface area contributed by atoms with Gasteiger partial charge in [0.15, 0.2) is 0 Å². The van der Waals surface area contributed by atoms with Crippen LogP contribution in [-0.2, 0) is 11.2 Å². The van der Waals surface area contributed by atoms with Gasteiger partial charge in [-0.05, 0) is 38.8 Å². The van der Waals surface area contributed by atoms with Crippen molar-refractivity contribution < 1.29 is 9.53 Å². The van der Waals surface area contributed by atoms with Gasteiger partial charge in [-0.15, -0.1) is 0 Å². The van der Waals surface area contributed by atoms with Crippen molar-refractivity contribution in [1.82, 2.24) is 10.3 Å². The number of pyridine rings is 1. The van der Waals surface area contributed by atoms with Crippen LogP contribution >= 0.6 is 0 Å². The molecule has 0 bridgehead atoms. The predicted molar refractivity (Wildman–Crippen MR) is 84.5 cm³/mol. The number of ether oxygens (including phenoxy) is 1. The van der Waals surface area contributed by atoms with Crippen LogP contribution in [0.2, 0.25) is 0 Å². The van der Waals surface area contributed by atoms with E-state index in [4.69, 9.17) is 10.5 Å². The first-order valence-corrected chi connectivity index (χ1v) is 7.03. The Bertz CT molecular complexity index is 469. The molecule has 1 aromatic heterocycles. The average molecular weight is 294 g/mol. The number of hydrogen-bond acceptors (Lipinski definition) is 5. The first-order chi connectivity index (χ1) is 9.73. The van der Waals surface area contributed by atoms with Gasteiger partial charge in [0.1, 0.15) is 11.4 Å². The van der Waals surface area contributed by atoms with E-state index in [0.29, 0.717) is 13.0 Å². The summed E-state index contributed by atoms with van der Waals surface area (Å²) in [5, 5.41) is 2.81. The molecule has 1 heterocycles. The number of hydrogen-bond donors (Lipinski definition) is 2. The van der Waals surface area contributed by atoms with Crippen molar-refractivity contribution in [3.63, 3.8) is 0 Å². The molecule has 1 aromatic rings. The highest BCUT2D eigenvalue weighted by atomic mass is 16.6. The normalized spacial score (nSPS) is 12.7. The smallest absolute Gasteiger partial charge is 0.407 e. The standard InChI is InChI=1S/C15H26N4O2/c1-15(2,3)21-14(20)18-12(10-16)9-11-7-6-8-17-13(11)19(4)5/h6-8,12H,9-10,16H2,1-5H3,(H,18,20). The third-order valence-electron chi connectivity index (χ3n) is 2.76. The molecular weight excluding hydrogens is 268 g/mol. The van der Waals surface area contributed by atoms with E-state index in [1.54, 1.807) is 6.20 Å². The van der Waals surface area contributed by atoms with Gasteiger partial charge in [-0.3, -0.25) is 0 Å². The van der Waals surface area contributed by atoms with Gasteiger partial charge in [-0.25, -0.2) is 9.78 Å². The van der Waals surface area contributed by atoms with Gasteiger partial charge in [0.05, 0.1) is 0 Å². The average Bonchev–Trinajstić information content (AvgIpc) is 2.36. The van der Waals surface area contributed by atoms with E-state index < -0.39 is 11.7 Å². The summed E-state index contributed by atoms with van der Waals surface area (Å²) in [7, 11) is 3.87. The topological polar surface area (TPSA) is 80.5 Å². The molecule has 0 aliphatic rings. The van der Waals surface area contributed by atoms with Gasteiger partial charge < -0.3 is 20.7 Å². The fourth-order valence-electron chi connectivity index (χ4n) is 1.93. The molecule has 6 heteroatoms. The molecule has 0 radical (unpaired) electrons. The Balaban J connectivity index is 2.73. The molecule has 21 heavy (non-hydrogen) atoms. The van der Waals surface area contributed by atoms with Crippen LogP contribution < -0.4 is 16.0 Å². The number of nitrogens with two attached hydrogens (primary N) is 1. The van der Waals surface area contributed by atoms with Crippen molar-refractivity contribution in [3.8, 4) is 0 Å². The van der Waals surface area contributed by atoms with Crippen molar-refractivity contribution in [3.05, 3.63) is 23.9 Å². The Kier molecular flexibility index (Phi) is 5.96. The molecule has 0 saturated carbocycles. The van der Waals surface area contributed by atoms with Gasteiger partial charge in [-0.2, -0.15) is 0 Å². The molecule has 1 atom stereocenters. The third-order valence-corrected chi connectivity index (χ3v) is 2.76. The number of alkyl carbamates (subject to hydrolysis) is 1. The van der Waals surface area contributed by atoms with E-state index in [1.807, 2.05) is 51.9 Å². The van der Waals surface area contributed by atoms with Crippen LogP contribution in [0.3, 0.4) is 0 Å². The molecular formula is C15H26N4O2. The van der Waals surface area contributed by atoms with Crippen molar-refractivity contribution in [1.29, 1.82) is 0 Å². The number of carbonyl (C=O) groups is 1. The minimum absolute atomic E-state index is 0.192. The highest BCUT2D eigenvalue weighted by Crippen LogP contribution is 2.16. The molecule has 0 spiro atoms. The number of aromatic nitrogens is 1. The maximum atomic E-state index is 11.8. The van der Waals surface area contributed by atoms with Gasteiger partial charge in [0.2, 0.25) is 0 Å². The number of carbonyl (C=O) groups excluding carboxylic acids is 1. The molecule has 3 N–H and O–H groups in total. The Hall–Kier alpha value is -1.82. The molecule has 1 rings (SSSR count). The Labute approximate surface area is 126 Å². The lowest BCUT2D eigenvalue weighted by Gasteiger charge is -2.24. The summed E-state index contributed by atoms with van der Waals surface area (Å²) in [4.78, 5) is 18.1. The minimum Gasteiger partial charge on any atom is -0.444 e. The van der Waals surface area contributed by atoms with Crippen LogP contribution in [0.15, 0.2) is 18.3 Å². The SMILES string of the molecule is CN(C)c1ncccc1CC(CN)NC(=O)OC(C)(C)C. The Morgan fingerprint density at radius 3 is 2.67 bits per heavy atom. The van der Waals surface area contributed by atoms with E-state index in [1.165, 1.54) is 0 Å². The zero-order valence-corrected chi connectivity index (χ0v) is 13.5. The summed E-state index contributed by atoms with van der Waals surface area (Å²) in [6, 6.07) is 3.67. The summed E-state index contributed by atoms with van der Waals surface area (Å²) in [6.07, 6.45) is 1.91. The van der Waals surface area contributed by atoms with E-state index in [-0.39, 0.29) is 6.04 Å². The van der Waals surface area contributed by atoms with E-state index in [2.05, 4.69) is 10.3 Å². The van der Waals surface area contributed by atoms with Crippen molar-refractivity contribution >= 4 is 11.9 Å². The first-order valence-electron chi connectivity index (χ1n) is 7.03. The lowest BCUT2D eigenvalue weighted by atomic mass is 10.1. The highest BCUT2D eigenvalue weighted by Gasteiger charge is 2.20. The summed E-state index contributed by atoms with van der Waals surface area (Å²) < 4.78 is 5.25. The van der Waals surface area contributed by atoms with Crippen molar-refractivity contribution in [2.45, 2.75) is 38.8 Å². The van der Waals surface area contributed by atoms with E-state index >= 15 is 0 Å². The zero-order valence-electron chi connectivity index (χ0n) is 13.5. The lowest BCUT2D eigenvalue weighted by Crippen LogP contribution is -2.44. The number of amides is 1. The van der Waals surface area contributed by atoms with Crippen molar-refractivity contribution in [2.75, 3.05) is 25.5 Å². The maximum Gasteiger partial charge on any atom is 0.407 e. The molecule has 1 amide bonds. The number of nitrogens with one attached hydrogen (secondary N) is 1. The second-order valence-electron chi connectivity index (χ2n) is 6.16. The molecule has 0 saturated heterocycles. The molecule has 118 valence electrons. The fraction of sp³-hybridized carbons (Fsp3) is 0.600.